The van der Waals surface area contributed by atoms with E-state index in [9.17, 15) is 0 Å². The Morgan fingerprint density at radius 2 is 0.795 bits per heavy atom. The van der Waals surface area contributed by atoms with Gasteiger partial charge in [0.25, 0.3) is 0 Å². The molecule has 5 rings (SSSR count). The Kier molecular flexibility index (Phi) is 13.6. The maximum Gasteiger partial charge on any atom is 0.180 e. The summed E-state index contributed by atoms with van der Waals surface area (Å²) >= 11 is 0. The van der Waals surface area contributed by atoms with Crippen molar-refractivity contribution < 1.29 is 54.0 Å². The summed E-state index contributed by atoms with van der Waals surface area (Å²) < 4.78 is 17.1. The zero-order valence-corrected chi connectivity index (χ0v) is 32.7. The van der Waals surface area contributed by atoms with Crippen molar-refractivity contribution in [1.29, 1.82) is 0 Å². The largest absolute Gasteiger partial charge is 0.455 e. The van der Waals surface area contributed by atoms with Gasteiger partial charge in [0.05, 0.1) is 8.07 Å². The quantitative estimate of drug-likeness (QED) is 0.236. The number of fused-ring (bicyclic) bond motifs is 2. The van der Waals surface area contributed by atoms with Gasteiger partial charge in [-0.1, -0.05) is 54.6 Å². The predicted octanol–water partition coefficient (Wildman–Crippen LogP) is 8.27. The Balaban J connectivity index is 0.000000403. The van der Waals surface area contributed by atoms with E-state index in [0.717, 1.165) is 26.4 Å². The van der Waals surface area contributed by atoms with E-state index in [1.165, 1.54) is 37.5 Å². The first-order chi connectivity index (χ1) is 17.4. The Hall–Kier alpha value is 1.87. The van der Waals surface area contributed by atoms with Gasteiger partial charge in [0.2, 0.25) is 0 Å². The molecular formula is C32H56O3Si3Sm. The summed E-state index contributed by atoms with van der Waals surface area (Å²) in [5.41, 5.74) is 6.75. The van der Waals surface area contributed by atoms with Crippen LogP contribution in [0.2, 0.25) is 39.3 Å². The number of rotatable bonds is 0. The third kappa shape index (κ3) is 9.43. The molecule has 0 aromatic carbocycles. The minimum absolute atomic E-state index is 0. The first-order valence-electron chi connectivity index (χ1n) is 14.9. The minimum Gasteiger partial charge on any atom is -0.455 e. The Bertz CT molecular complexity index is 676. The van der Waals surface area contributed by atoms with Crippen LogP contribution in [0.1, 0.15) is 67.2 Å². The van der Waals surface area contributed by atoms with Crippen molar-refractivity contribution in [2.24, 2.45) is 10.8 Å². The van der Waals surface area contributed by atoms with Crippen LogP contribution in [-0.4, -0.2) is 51.1 Å². The summed E-state index contributed by atoms with van der Waals surface area (Å²) in [6.45, 7) is 32.9. The fourth-order valence-corrected chi connectivity index (χ4v) is 20.8. The van der Waals surface area contributed by atoms with Crippen LogP contribution in [-0.2, 0) is 13.6 Å². The molecule has 3 aliphatic heterocycles. The number of hydrogen-bond acceptors (Lipinski definition) is 3. The second-order valence-corrected chi connectivity index (χ2v) is 27.3. The van der Waals surface area contributed by atoms with Gasteiger partial charge in [0, 0.05) is 77.9 Å². The van der Waals surface area contributed by atoms with E-state index in [-0.39, 0.29) is 51.2 Å². The molecule has 2 aliphatic carbocycles. The van der Waals surface area contributed by atoms with Gasteiger partial charge in [0.1, 0.15) is 0 Å². The molecule has 5 aliphatic rings. The van der Waals surface area contributed by atoms with Crippen molar-refractivity contribution in [3.05, 3.63) is 59.7 Å². The molecule has 0 atom stereocenters. The Morgan fingerprint density at radius 3 is 1.03 bits per heavy atom. The SMILES string of the molecule is C1CCOC1.C1CCOC1.CC(C)(C)[C]1[CH][C]2[C]([CH]1)[Si](C)(C)[C]1[CH][C](C(C)(C)C)[CH][C]1[Si](C)(C)O[Si]2(C)C.[Sm]. The molecule has 0 aromatic rings. The van der Waals surface area contributed by atoms with Gasteiger partial charge in [0.15, 0.2) is 16.6 Å². The summed E-state index contributed by atoms with van der Waals surface area (Å²) in [5.74, 6) is 2.96. The Labute approximate surface area is 279 Å². The van der Waals surface area contributed by atoms with Crippen molar-refractivity contribution in [1.82, 2.24) is 0 Å². The van der Waals surface area contributed by atoms with E-state index in [0.29, 0.717) is 0 Å². The third-order valence-corrected chi connectivity index (χ3v) is 19.8. The number of hydrogen-bond donors (Lipinski definition) is 0. The second-order valence-electron chi connectivity index (χ2n) is 15.0. The molecule has 0 spiro atoms. The molecule has 10 radical (unpaired) electrons. The van der Waals surface area contributed by atoms with E-state index < -0.39 is 24.7 Å². The summed E-state index contributed by atoms with van der Waals surface area (Å²) in [7, 11) is -5.79. The van der Waals surface area contributed by atoms with Crippen LogP contribution < -0.4 is 0 Å². The van der Waals surface area contributed by atoms with Crippen LogP contribution in [0.15, 0.2) is 0 Å². The van der Waals surface area contributed by atoms with Crippen molar-refractivity contribution in [2.45, 2.75) is 107 Å². The molecule has 0 bridgehead atoms. The molecule has 3 nitrogen and oxygen atoms in total. The molecule has 0 N–H and O–H groups in total. The summed E-state index contributed by atoms with van der Waals surface area (Å²) in [6, 6.07) is 0. The van der Waals surface area contributed by atoms with E-state index in [1.54, 1.807) is 22.2 Å². The van der Waals surface area contributed by atoms with Crippen LogP contribution >= 0.6 is 0 Å². The molecule has 0 aromatic heterocycles. The molecule has 0 amide bonds. The molecule has 7 heteroatoms. The van der Waals surface area contributed by atoms with Crippen molar-refractivity contribution in [2.75, 3.05) is 26.4 Å². The molecule has 0 unspecified atom stereocenters. The van der Waals surface area contributed by atoms with Crippen molar-refractivity contribution in [3.8, 4) is 0 Å². The fourth-order valence-electron chi connectivity index (χ4n) is 5.83. The van der Waals surface area contributed by atoms with Crippen molar-refractivity contribution in [3.63, 3.8) is 0 Å². The van der Waals surface area contributed by atoms with Gasteiger partial charge in [-0.25, -0.2) is 0 Å². The fraction of sp³-hybridized carbons (Fsp3) is 0.688. The molecule has 3 heterocycles. The third-order valence-electron chi connectivity index (χ3n) is 8.32. The Morgan fingerprint density at radius 1 is 0.513 bits per heavy atom. The molecule has 3 saturated heterocycles. The van der Waals surface area contributed by atoms with E-state index in [4.69, 9.17) is 13.6 Å². The normalized spacial score (nSPS) is 28.3. The molecule has 220 valence electrons. The minimum atomic E-state index is -1.98. The predicted molar refractivity (Wildman–Crippen MR) is 169 cm³/mol. The topological polar surface area (TPSA) is 27.7 Å². The zero-order chi connectivity index (χ0) is 28.6. The first-order valence-corrected chi connectivity index (χ1v) is 23.7. The number of ether oxygens (including phenoxy) is 2. The van der Waals surface area contributed by atoms with Crippen LogP contribution in [0, 0.1) is 111 Å². The first kappa shape index (κ1) is 37.1. The van der Waals surface area contributed by atoms with E-state index >= 15 is 0 Å². The van der Waals surface area contributed by atoms with Crippen LogP contribution in [0.4, 0.5) is 0 Å². The zero-order valence-electron chi connectivity index (χ0n) is 27.1. The van der Waals surface area contributed by atoms with Gasteiger partial charge >= 0.3 is 0 Å². The van der Waals surface area contributed by atoms with Gasteiger partial charge in [-0.3, -0.25) is 0 Å². The van der Waals surface area contributed by atoms with Crippen LogP contribution in [0.3, 0.4) is 0 Å². The smallest absolute Gasteiger partial charge is 0.180 e. The van der Waals surface area contributed by atoms with Crippen LogP contribution in [0.25, 0.3) is 0 Å². The molecular weight excluding hydrogens is 667 g/mol. The van der Waals surface area contributed by atoms with Crippen molar-refractivity contribution >= 4 is 24.7 Å². The van der Waals surface area contributed by atoms with E-state index in [2.05, 4.69) is 107 Å². The monoisotopic (exact) mass is 724 g/mol. The van der Waals surface area contributed by atoms with Gasteiger partial charge in [-0.15, -0.1) is 0 Å². The maximum atomic E-state index is 7.16. The summed E-state index contributed by atoms with van der Waals surface area (Å²) in [6.07, 6.45) is 15.2. The van der Waals surface area contributed by atoms with Crippen LogP contribution in [0.5, 0.6) is 0 Å². The van der Waals surface area contributed by atoms with Gasteiger partial charge in [-0.2, -0.15) is 0 Å². The summed E-state index contributed by atoms with van der Waals surface area (Å²) in [4.78, 5) is 0. The second kappa shape index (κ2) is 14.3. The molecule has 2 saturated carbocycles. The summed E-state index contributed by atoms with van der Waals surface area (Å²) in [5, 5.41) is 0. The molecule has 39 heavy (non-hydrogen) atoms. The van der Waals surface area contributed by atoms with E-state index in [1.807, 2.05) is 0 Å². The standard InChI is InChI=1S/C24H40OSi3.2C4H8O.Sm/c1-23(2,3)17-13-19-21(15-17)27(9,10)25-28(11,12)22-16-18(24(4,5)6)14-20(22)26(19,7)8;2*1-2-4-5-3-1;/h13-16H,1-12H3;2*1-4H2;. The maximum absolute atomic E-state index is 7.16. The molecule has 5 fully saturated rings. The van der Waals surface area contributed by atoms with Gasteiger partial charge < -0.3 is 13.6 Å². The average molecular weight is 723 g/mol. The van der Waals surface area contributed by atoms with Gasteiger partial charge in [-0.05, 0) is 111 Å². The average Bonchev–Trinajstić information content (AvgIpc) is 3.58.